The van der Waals surface area contributed by atoms with Crippen molar-refractivity contribution in [3.05, 3.63) is 63.6 Å². The molecule has 2 aromatic carbocycles. The molecule has 1 fully saturated rings. The molecule has 0 heterocycles. The van der Waals surface area contributed by atoms with Crippen LogP contribution in [0.15, 0.2) is 42.5 Å². The normalized spacial score (nSPS) is 19.6. The van der Waals surface area contributed by atoms with Gasteiger partial charge >= 0.3 is 6.18 Å². The second-order valence-corrected chi connectivity index (χ2v) is 8.12. The van der Waals surface area contributed by atoms with Crippen LogP contribution in [0.5, 0.6) is 0 Å². The van der Waals surface area contributed by atoms with Crippen molar-refractivity contribution in [1.29, 1.82) is 0 Å². The van der Waals surface area contributed by atoms with Gasteiger partial charge in [0.05, 0.1) is 16.1 Å². The van der Waals surface area contributed by atoms with Crippen LogP contribution >= 0.6 is 23.2 Å². The summed E-state index contributed by atoms with van der Waals surface area (Å²) in [6, 6.07) is 10.2. The first-order valence-electron chi connectivity index (χ1n) is 9.39. The number of anilines is 1. The highest BCUT2D eigenvalue weighted by molar-refractivity contribution is 6.33. The average Bonchev–Trinajstić information content (AvgIpc) is 2.67. The number of hydrogen-bond donors (Lipinski definition) is 2. The summed E-state index contributed by atoms with van der Waals surface area (Å²) in [5.74, 6) is -0.110. The number of amides is 1. The molecule has 1 aliphatic carbocycles. The van der Waals surface area contributed by atoms with E-state index in [0.29, 0.717) is 10.9 Å². The van der Waals surface area contributed by atoms with E-state index in [0.717, 1.165) is 56.1 Å². The highest BCUT2D eigenvalue weighted by Crippen LogP contribution is 2.32. The largest absolute Gasteiger partial charge is 0.416 e. The van der Waals surface area contributed by atoms with Crippen molar-refractivity contribution in [3.63, 3.8) is 0 Å². The van der Waals surface area contributed by atoms with Gasteiger partial charge in [-0.2, -0.15) is 13.2 Å². The standard InChI is InChI=1S/C21H21Cl2F3N2O/c22-15-2-1-3-17(11-15)27-12-13-4-7-16(8-5-13)28-20(29)18-10-14(21(24,25)26)6-9-19(18)23/h1-3,6,9-11,13,16,27H,4-5,7-8,12H2,(H,28,29). The molecule has 0 spiro atoms. The summed E-state index contributed by atoms with van der Waals surface area (Å²) in [5, 5.41) is 6.88. The van der Waals surface area contributed by atoms with E-state index in [1.54, 1.807) is 0 Å². The summed E-state index contributed by atoms with van der Waals surface area (Å²) >= 11 is 11.9. The minimum Gasteiger partial charge on any atom is -0.385 e. The van der Waals surface area contributed by atoms with Crippen LogP contribution in [-0.2, 0) is 6.18 Å². The molecule has 3 rings (SSSR count). The first kappa shape index (κ1) is 21.8. The maximum atomic E-state index is 12.9. The minimum atomic E-state index is -4.52. The fourth-order valence-electron chi connectivity index (χ4n) is 3.51. The van der Waals surface area contributed by atoms with Crippen LogP contribution in [-0.4, -0.2) is 18.5 Å². The quantitative estimate of drug-likeness (QED) is 0.558. The Balaban J connectivity index is 1.51. The highest BCUT2D eigenvalue weighted by atomic mass is 35.5. The van der Waals surface area contributed by atoms with Gasteiger partial charge in [-0.25, -0.2) is 0 Å². The molecule has 0 atom stereocenters. The molecule has 2 aromatic rings. The van der Waals surface area contributed by atoms with Gasteiger partial charge < -0.3 is 10.6 Å². The molecule has 2 N–H and O–H groups in total. The molecule has 3 nitrogen and oxygen atoms in total. The predicted molar refractivity (Wildman–Crippen MR) is 110 cm³/mol. The number of hydrogen-bond acceptors (Lipinski definition) is 2. The maximum Gasteiger partial charge on any atom is 0.416 e. The molecule has 0 bridgehead atoms. The summed E-state index contributed by atoms with van der Waals surface area (Å²) < 4.78 is 38.7. The van der Waals surface area contributed by atoms with E-state index in [9.17, 15) is 18.0 Å². The number of nitrogens with one attached hydrogen (secondary N) is 2. The van der Waals surface area contributed by atoms with Crippen molar-refractivity contribution in [2.45, 2.75) is 37.9 Å². The van der Waals surface area contributed by atoms with Gasteiger partial charge in [-0.15, -0.1) is 0 Å². The lowest BCUT2D eigenvalue weighted by atomic mass is 9.86. The zero-order valence-electron chi connectivity index (χ0n) is 15.5. The Morgan fingerprint density at radius 1 is 1.03 bits per heavy atom. The van der Waals surface area contributed by atoms with Gasteiger partial charge in [0.25, 0.3) is 5.91 Å². The molecular formula is C21H21Cl2F3N2O. The predicted octanol–water partition coefficient (Wildman–Crippen LogP) is 6.41. The van der Waals surface area contributed by atoms with Crippen LogP contribution < -0.4 is 10.6 Å². The lowest BCUT2D eigenvalue weighted by Gasteiger charge is -2.29. The van der Waals surface area contributed by atoms with Gasteiger partial charge in [-0.05, 0) is 68.0 Å². The number of halogens is 5. The number of rotatable bonds is 5. The minimum absolute atomic E-state index is 0.00917. The third-order valence-electron chi connectivity index (χ3n) is 5.14. The van der Waals surface area contributed by atoms with Crippen LogP contribution in [0.2, 0.25) is 10.0 Å². The Hall–Kier alpha value is -1.92. The summed E-state index contributed by atoms with van der Waals surface area (Å²) in [4.78, 5) is 12.4. The Morgan fingerprint density at radius 3 is 2.41 bits per heavy atom. The molecule has 0 aliphatic heterocycles. The molecule has 0 radical (unpaired) electrons. The molecule has 1 aliphatic rings. The van der Waals surface area contributed by atoms with Crippen LogP contribution in [0.3, 0.4) is 0 Å². The Labute approximate surface area is 177 Å². The van der Waals surface area contributed by atoms with Gasteiger partial charge in [0, 0.05) is 23.3 Å². The summed E-state index contributed by atoms with van der Waals surface area (Å²) in [5.41, 5.74) is -0.0683. The summed E-state index contributed by atoms with van der Waals surface area (Å²) in [6.45, 7) is 0.806. The smallest absolute Gasteiger partial charge is 0.385 e. The number of alkyl halides is 3. The topological polar surface area (TPSA) is 41.1 Å². The van der Waals surface area contributed by atoms with E-state index in [1.165, 1.54) is 0 Å². The van der Waals surface area contributed by atoms with Gasteiger partial charge in [0.15, 0.2) is 0 Å². The van der Waals surface area contributed by atoms with Crippen molar-refractivity contribution < 1.29 is 18.0 Å². The number of carbonyl (C=O) groups excluding carboxylic acids is 1. The molecule has 0 aromatic heterocycles. The van der Waals surface area contributed by atoms with Crippen LogP contribution in [0.1, 0.15) is 41.6 Å². The van der Waals surface area contributed by atoms with Gasteiger partial charge in [-0.3, -0.25) is 4.79 Å². The van der Waals surface area contributed by atoms with Gasteiger partial charge in [-0.1, -0.05) is 29.3 Å². The van der Waals surface area contributed by atoms with E-state index < -0.39 is 17.6 Å². The van der Waals surface area contributed by atoms with Gasteiger partial charge in [0.2, 0.25) is 0 Å². The lowest BCUT2D eigenvalue weighted by Crippen LogP contribution is -2.38. The molecular weight excluding hydrogens is 424 g/mol. The summed E-state index contributed by atoms with van der Waals surface area (Å²) in [7, 11) is 0. The van der Waals surface area contributed by atoms with Crippen LogP contribution in [0.25, 0.3) is 0 Å². The van der Waals surface area contributed by atoms with Crippen molar-refractivity contribution >= 4 is 34.8 Å². The fourth-order valence-corrected chi connectivity index (χ4v) is 3.90. The molecule has 0 unspecified atom stereocenters. The van der Waals surface area contributed by atoms with E-state index in [-0.39, 0.29) is 16.6 Å². The third kappa shape index (κ3) is 6.03. The van der Waals surface area contributed by atoms with Crippen LogP contribution in [0.4, 0.5) is 18.9 Å². The Kier molecular flexibility index (Phi) is 6.96. The Bertz CT molecular complexity index is 865. The molecule has 29 heavy (non-hydrogen) atoms. The maximum absolute atomic E-state index is 12.9. The van der Waals surface area contributed by atoms with E-state index in [2.05, 4.69) is 10.6 Å². The van der Waals surface area contributed by atoms with Crippen molar-refractivity contribution in [3.8, 4) is 0 Å². The first-order valence-corrected chi connectivity index (χ1v) is 10.1. The molecule has 1 saturated carbocycles. The van der Waals surface area contributed by atoms with Crippen molar-refractivity contribution in [1.82, 2.24) is 5.32 Å². The van der Waals surface area contributed by atoms with Crippen molar-refractivity contribution in [2.75, 3.05) is 11.9 Å². The van der Waals surface area contributed by atoms with E-state index >= 15 is 0 Å². The number of benzene rings is 2. The molecule has 8 heteroatoms. The molecule has 156 valence electrons. The molecule has 1 amide bonds. The second kappa shape index (κ2) is 9.26. The number of carbonyl (C=O) groups is 1. The first-order chi connectivity index (χ1) is 13.7. The van der Waals surface area contributed by atoms with Gasteiger partial charge in [0.1, 0.15) is 0 Å². The fraction of sp³-hybridized carbons (Fsp3) is 0.381. The highest BCUT2D eigenvalue weighted by Gasteiger charge is 2.32. The van der Waals surface area contributed by atoms with Crippen molar-refractivity contribution in [2.24, 2.45) is 5.92 Å². The van der Waals surface area contributed by atoms with E-state index in [1.807, 2.05) is 24.3 Å². The second-order valence-electron chi connectivity index (χ2n) is 7.27. The summed E-state index contributed by atoms with van der Waals surface area (Å²) in [6.07, 6.45) is -1.16. The average molecular weight is 445 g/mol. The lowest BCUT2D eigenvalue weighted by molar-refractivity contribution is -0.137. The monoisotopic (exact) mass is 444 g/mol. The van der Waals surface area contributed by atoms with Crippen LogP contribution in [0, 0.1) is 5.92 Å². The third-order valence-corrected chi connectivity index (χ3v) is 5.70. The SMILES string of the molecule is O=C(NC1CCC(CNc2cccc(Cl)c2)CC1)c1cc(C(F)(F)F)ccc1Cl. The zero-order chi connectivity index (χ0) is 21.0. The Morgan fingerprint density at radius 2 is 1.76 bits per heavy atom. The van der Waals surface area contributed by atoms with E-state index in [4.69, 9.17) is 23.2 Å². The molecule has 0 saturated heterocycles. The zero-order valence-corrected chi connectivity index (χ0v) is 17.0.